The molecule has 3 aliphatic heterocycles. The molecule has 0 aliphatic carbocycles. The van der Waals surface area contributed by atoms with Crippen molar-refractivity contribution in [2.45, 2.75) is 57.7 Å². The molecule has 1 unspecified atom stereocenters. The summed E-state index contributed by atoms with van der Waals surface area (Å²) in [6, 6.07) is 4.21. The van der Waals surface area contributed by atoms with Crippen LogP contribution in [0.2, 0.25) is 0 Å². The summed E-state index contributed by atoms with van der Waals surface area (Å²) in [7, 11) is 0. The van der Waals surface area contributed by atoms with Gasteiger partial charge in [-0.05, 0) is 31.4 Å². The van der Waals surface area contributed by atoms with Crippen LogP contribution in [0, 0.1) is 0 Å². The average molecular weight is 493 g/mol. The molecule has 188 valence electrons. The summed E-state index contributed by atoms with van der Waals surface area (Å²) in [6.45, 7) is 3.71. The van der Waals surface area contributed by atoms with Gasteiger partial charge in [-0.2, -0.15) is 5.10 Å². The lowest BCUT2D eigenvalue weighted by Gasteiger charge is -2.32. The van der Waals surface area contributed by atoms with Crippen LogP contribution in [0.1, 0.15) is 71.3 Å². The summed E-state index contributed by atoms with van der Waals surface area (Å²) < 4.78 is 1.93. The normalized spacial score (nSPS) is 20.5. The highest BCUT2D eigenvalue weighted by Crippen LogP contribution is 2.32. The second-order valence-corrected chi connectivity index (χ2v) is 9.32. The van der Waals surface area contributed by atoms with Crippen LogP contribution in [0.25, 0.3) is 0 Å². The molecule has 0 bridgehead atoms. The van der Waals surface area contributed by atoms with Gasteiger partial charge < -0.3 is 10.2 Å². The molecule has 2 N–H and O–H groups in total. The monoisotopic (exact) mass is 492 g/mol. The minimum atomic E-state index is -1.000. The zero-order valence-corrected chi connectivity index (χ0v) is 20.0. The van der Waals surface area contributed by atoms with Crippen LogP contribution in [0.5, 0.6) is 0 Å². The smallest absolute Gasteiger partial charge is 0.264 e. The predicted molar refractivity (Wildman–Crippen MR) is 128 cm³/mol. The van der Waals surface area contributed by atoms with Crippen LogP contribution in [0.15, 0.2) is 30.6 Å². The SMILES string of the molecule is CCC(=O)N1CCC(n2cc(CNc3cccc4c3C(=O)N(C3CCC(=O)NC3=O)C4=O)cn2)CC1. The van der Waals surface area contributed by atoms with Crippen molar-refractivity contribution >= 4 is 35.2 Å². The van der Waals surface area contributed by atoms with E-state index in [1.54, 1.807) is 24.4 Å². The van der Waals surface area contributed by atoms with E-state index in [9.17, 15) is 24.0 Å². The van der Waals surface area contributed by atoms with E-state index in [2.05, 4.69) is 15.7 Å². The van der Waals surface area contributed by atoms with Crippen molar-refractivity contribution in [2.24, 2.45) is 0 Å². The quantitative estimate of drug-likeness (QED) is 0.583. The molecule has 11 heteroatoms. The van der Waals surface area contributed by atoms with E-state index in [0.29, 0.717) is 18.7 Å². The lowest BCUT2D eigenvalue weighted by Crippen LogP contribution is -2.54. The Balaban J connectivity index is 1.26. The number of nitrogens with zero attached hydrogens (tertiary/aromatic N) is 4. The Morgan fingerprint density at radius 3 is 2.61 bits per heavy atom. The van der Waals surface area contributed by atoms with Crippen LogP contribution >= 0.6 is 0 Å². The summed E-state index contributed by atoms with van der Waals surface area (Å²) in [4.78, 5) is 64.8. The second kappa shape index (κ2) is 9.56. The van der Waals surface area contributed by atoms with Gasteiger partial charge in [0.2, 0.25) is 17.7 Å². The van der Waals surface area contributed by atoms with Crippen molar-refractivity contribution in [2.75, 3.05) is 18.4 Å². The molecule has 2 aromatic rings. The fraction of sp³-hybridized carbons (Fsp3) is 0.440. The number of fused-ring (bicyclic) bond motifs is 1. The molecule has 3 aliphatic rings. The molecule has 2 fully saturated rings. The van der Waals surface area contributed by atoms with Crippen LogP contribution < -0.4 is 10.6 Å². The highest BCUT2D eigenvalue weighted by atomic mass is 16.2. The molecule has 1 aromatic carbocycles. The third kappa shape index (κ3) is 4.25. The zero-order valence-electron chi connectivity index (χ0n) is 20.0. The van der Waals surface area contributed by atoms with Gasteiger partial charge in [0.25, 0.3) is 11.8 Å². The molecule has 1 atom stereocenters. The number of amides is 5. The number of imide groups is 2. The number of hydrogen-bond donors (Lipinski definition) is 2. The Kier molecular flexibility index (Phi) is 6.29. The molecule has 2 saturated heterocycles. The molecule has 5 rings (SSSR count). The lowest BCUT2D eigenvalue weighted by atomic mass is 10.0. The number of nitrogens with one attached hydrogen (secondary N) is 2. The van der Waals surface area contributed by atoms with Crippen molar-refractivity contribution in [1.29, 1.82) is 0 Å². The van der Waals surface area contributed by atoms with E-state index in [-0.39, 0.29) is 35.9 Å². The Labute approximate surface area is 207 Å². The Morgan fingerprint density at radius 2 is 1.89 bits per heavy atom. The van der Waals surface area contributed by atoms with Crippen molar-refractivity contribution in [1.82, 2.24) is 24.9 Å². The van der Waals surface area contributed by atoms with Crippen LogP contribution in [-0.4, -0.2) is 68.2 Å². The van der Waals surface area contributed by atoms with E-state index >= 15 is 0 Å². The van der Waals surface area contributed by atoms with Crippen LogP contribution in [0.4, 0.5) is 5.69 Å². The lowest BCUT2D eigenvalue weighted by molar-refractivity contribution is -0.136. The maximum absolute atomic E-state index is 13.2. The van der Waals surface area contributed by atoms with Crippen molar-refractivity contribution in [3.63, 3.8) is 0 Å². The number of carbonyl (C=O) groups excluding carboxylic acids is 5. The van der Waals surface area contributed by atoms with Gasteiger partial charge in [-0.25, -0.2) is 0 Å². The maximum Gasteiger partial charge on any atom is 0.264 e. The first kappa shape index (κ1) is 23.7. The molecular formula is C25H28N6O5. The standard InChI is InChI=1S/C25H28N6O5/c1-2-21(33)29-10-8-16(9-11-29)30-14-15(13-27-30)12-26-18-5-3-4-17-22(18)25(36)31(24(17)35)19-6-7-20(32)28-23(19)34/h3-5,13-14,16,19,26H,2,6-12H2,1H3,(H,28,32,34). The molecule has 11 nitrogen and oxygen atoms in total. The number of hydrogen-bond acceptors (Lipinski definition) is 7. The largest absolute Gasteiger partial charge is 0.380 e. The zero-order chi connectivity index (χ0) is 25.4. The van der Waals surface area contributed by atoms with Gasteiger partial charge in [0, 0.05) is 49.9 Å². The topological polar surface area (TPSA) is 134 Å². The molecule has 0 radical (unpaired) electrons. The Morgan fingerprint density at radius 1 is 1.11 bits per heavy atom. The number of piperidine rings is 2. The average Bonchev–Trinajstić information content (AvgIpc) is 3.46. The molecule has 36 heavy (non-hydrogen) atoms. The summed E-state index contributed by atoms with van der Waals surface area (Å²) in [6.07, 6.45) is 6.13. The van der Waals surface area contributed by atoms with Crippen LogP contribution in [-0.2, 0) is 20.9 Å². The van der Waals surface area contributed by atoms with Crippen molar-refractivity contribution in [3.8, 4) is 0 Å². The van der Waals surface area contributed by atoms with Crippen molar-refractivity contribution < 1.29 is 24.0 Å². The van der Waals surface area contributed by atoms with E-state index in [1.165, 1.54) is 0 Å². The van der Waals surface area contributed by atoms with Gasteiger partial charge >= 0.3 is 0 Å². The van der Waals surface area contributed by atoms with Gasteiger partial charge in [0.1, 0.15) is 6.04 Å². The fourth-order valence-corrected chi connectivity index (χ4v) is 5.13. The van der Waals surface area contributed by atoms with E-state index < -0.39 is 29.7 Å². The van der Waals surface area contributed by atoms with E-state index in [4.69, 9.17) is 0 Å². The molecular weight excluding hydrogens is 464 g/mol. The minimum Gasteiger partial charge on any atom is -0.380 e. The van der Waals surface area contributed by atoms with Gasteiger partial charge in [-0.3, -0.25) is 38.9 Å². The Hall–Kier alpha value is -4.02. The molecule has 0 saturated carbocycles. The highest BCUT2D eigenvalue weighted by Gasteiger charge is 2.45. The van der Waals surface area contributed by atoms with E-state index in [0.717, 1.165) is 36.4 Å². The summed E-state index contributed by atoms with van der Waals surface area (Å²) in [5.41, 5.74) is 1.88. The van der Waals surface area contributed by atoms with Gasteiger partial charge in [-0.1, -0.05) is 13.0 Å². The summed E-state index contributed by atoms with van der Waals surface area (Å²) in [5, 5.41) is 9.95. The first-order chi connectivity index (χ1) is 17.4. The summed E-state index contributed by atoms with van der Waals surface area (Å²) >= 11 is 0. The number of carbonyl (C=O) groups is 5. The number of benzene rings is 1. The van der Waals surface area contributed by atoms with Gasteiger partial charge in [-0.15, -0.1) is 0 Å². The predicted octanol–water partition coefficient (Wildman–Crippen LogP) is 1.47. The minimum absolute atomic E-state index is 0.0762. The van der Waals surface area contributed by atoms with Crippen molar-refractivity contribution in [3.05, 3.63) is 47.3 Å². The highest BCUT2D eigenvalue weighted by molar-refractivity contribution is 6.25. The number of likely N-dealkylation sites (tertiary alicyclic amines) is 1. The molecule has 0 spiro atoms. The second-order valence-electron chi connectivity index (χ2n) is 9.32. The molecule has 5 amide bonds. The fourth-order valence-electron chi connectivity index (χ4n) is 5.13. The Bertz CT molecular complexity index is 1250. The molecule has 4 heterocycles. The van der Waals surface area contributed by atoms with Crippen LogP contribution in [0.3, 0.4) is 0 Å². The maximum atomic E-state index is 13.2. The molecule has 1 aromatic heterocycles. The number of rotatable bonds is 6. The first-order valence-corrected chi connectivity index (χ1v) is 12.3. The van der Waals surface area contributed by atoms with Gasteiger partial charge in [0.15, 0.2) is 0 Å². The third-order valence-corrected chi connectivity index (χ3v) is 7.10. The number of aromatic nitrogens is 2. The first-order valence-electron chi connectivity index (χ1n) is 12.3. The van der Waals surface area contributed by atoms with E-state index in [1.807, 2.05) is 22.7 Å². The number of anilines is 1. The third-order valence-electron chi connectivity index (χ3n) is 7.10. The summed E-state index contributed by atoms with van der Waals surface area (Å²) in [5.74, 6) is -1.94. The van der Waals surface area contributed by atoms with Gasteiger partial charge in [0.05, 0.1) is 23.4 Å².